The predicted octanol–water partition coefficient (Wildman–Crippen LogP) is 4.35. The summed E-state index contributed by atoms with van der Waals surface area (Å²) >= 11 is 6.14. The van der Waals surface area contributed by atoms with Crippen molar-refractivity contribution in [1.82, 2.24) is 4.90 Å². The molecule has 0 fully saturated rings. The number of aliphatic hydroxyl groups excluding tert-OH is 1. The van der Waals surface area contributed by atoms with E-state index in [4.69, 9.17) is 16.3 Å². The van der Waals surface area contributed by atoms with Crippen LogP contribution >= 0.6 is 11.6 Å². The van der Waals surface area contributed by atoms with Crippen molar-refractivity contribution in [3.8, 4) is 0 Å². The van der Waals surface area contributed by atoms with Crippen LogP contribution in [0.15, 0.2) is 72.0 Å². The van der Waals surface area contributed by atoms with Crippen LogP contribution in [0.2, 0.25) is 5.02 Å². The number of methoxy groups -OCH3 is 1. The van der Waals surface area contributed by atoms with E-state index in [0.717, 1.165) is 5.56 Å². The summed E-state index contributed by atoms with van der Waals surface area (Å²) in [5.41, 5.74) is 1.58. The summed E-state index contributed by atoms with van der Waals surface area (Å²) in [6.45, 7) is 0.803. The average molecular weight is 412 g/mol. The van der Waals surface area contributed by atoms with Crippen LogP contribution in [0.25, 0.3) is 6.08 Å². The molecule has 0 radical (unpaired) electrons. The van der Waals surface area contributed by atoms with Gasteiger partial charge in [-0.1, -0.05) is 60.1 Å². The zero-order valence-electron chi connectivity index (χ0n) is 16.0. The van der Waals surface area contributed by atoms with Crippen LogP contribution in [0.5, 0.6) is 0 Å². The van der Waals surface area contributed by atoms with E-state index >= 15 is 0 Å². The third kappa shape index (κ3) is 4.75. The molecule has 1 heterocycles. The van der Waals surface area contributed by atoms with Gasteiger partial charge in [0.05, 0.1) is 11.6 Å². The highest BCUT2D eigenvalue weighted by atomic mass is 35.5. The van der Waals surface area contributed by atoms with Crippen LogP contribution in [0, 0.1) is 0 Å². The van der Waals surface area contributed by atoms with Crippen LogP contribution in [0.1, 0.15) is 23.6 Å². The van der Waals surface area contributed by atoms with Crippen molar-refractivity contribution < 1.29 is 19.4 Å². The maximum atomic E-state index is 13.0. The normalized spacial score (nSPS) is 16.8. The van der Waals surface area contributed by atoms with Crippen LogP contribution < -0.4 is 0 Å². The van der Waals surface area contributed by atoms with Crippen molar-refractivity contribution >= 4 is 29.4 Å². The molecule has 1 atom stereocenters. The van der Waals surface area contributed by atoms with Crippen molar-refractivity contribution in [3.05, 3.63) is 88.2 Å². The number of halogens is 1. The Kier molecular flexibility index (Phi) is 6.86. The lowest BCUT2D eigenvalue weighted by Gasteiger charge is -2.26. The number of carbonyl (C=O) groups excluding carboxylic acids is 2. The average Bonchev–Trinajstić information content (AvgIpc) is 2.98. The molecule has 29 heavy (non-hydrogen) atoms. The largest absolute Gasteiger partial charge is 0.503 e. The summed E-state index contributed by atoms with van der Waals surface area (Å²) in [4.78, 5) is 27.2. The Morgan fingerprint density at radius 3 is 2.66 bits per heavy atom. The molecular formula is C23H22ClNO4. The van der Waals surface area contributed by atoms with E-state index in [2.05, 4.69) is 0 Å². The van der Waals surface area contributed by atoms with E-state index in [1.165, 1.54) is 11.0 Å². The molecule has 0 saturated heterocycles. The third-order valence-corrected chi connectivity index (χ3v) is 4.94. The summed E-state index contributed by atoms with van der Waals surface area (Å²) in [5, 5.41) is 11.0. The molecule has 1 amide bonds. The molecule has 3 rings (SSSR count). The number of allylic oxidation sites excluding steroid dienone is 1. The van der Waals surface area contributed by atoms with Gasteiger partial charge in [-0.3, -0.25) is 9.59 Å². The third-order valence-electron chi connectivity index (χ3n) is 4.71. The second-order valence-electron chi connectivity index (χ2n) is 6.67. The number of aliphatic hydroxyl groups is 1. The van der Waals surface area contributed by atoms with Gasteiger partial charge >= 0.3 is 0 Å². The van der Waals surface area contributed by atoms with E-state index in [-0.39, 0.29) is 5.57 Å². The maximum absolute atomic E-state index is 13.0. The zero-order valence-corrected chi connectivity index (χ0v) is 16.8. The van der Waals surface area contributed by atoms with Gasteiger partial charge in [-0.15, -0.1) is 0 Å². The minimum Gasteiger partial charge on any atom is -0.503 e. The van der Waals surface area contributed by atoms with Gasteiger partial charge in [-0.05, 0) is 35.8 Å². The molecule has 1 unspecified atom stereocenters. The summed E-state index contributed by atoms with van der Waals surface area (Å²) < 4.78 is 5.07. The number of rotatable bonds is 8. The lowest BCUT2D eigenvalue weighted by molar-refractivity contribution is -0.129. The number of benzene rings is 2. The van der Waals surface area contributed by atoms with E-state index in [1.54, 1.807) is 37.5 Å². The minimum atomic E-state index is -0.703. The standard InChI is InChI=1S/C23H22ClNO4/c1-29-14-6-13-25-21(17-9-5-10-18(24)15-17)20(22(27)23(25)28)19(26)12-11-16-7-3-2-4-8-16/h2-5,7-12,15,21,27H,6,13-14H2,1H3/b12-11+. The molecule has 5 nitrogen and oxygen atoms in total. The summed E-state index contributed by atoms with van der Waals surface area (Å²) in [6.07, 6.45) is 3.62. The number of hydrogen-bond donors (Lipinski definition) is 1. The van der Waals surface area contributed by atoms with Gasteiger partial charge in [-0.2, -0.15) is 0 Å². The Bertz CT molecular complexity index is 952. The Morgan fingerprint density at radius 2 is 1.97 bits per heavy atom. The van der Waals surface area contributed by atoms with Crippen molar-refractivity contribution in [2.75, 3.05) is 20.3 Å². The SMILES string of the molecule is COCCCN1C(=O)C(O)=C(C(=O)/C=C/c2ccccc2)C1c1cccc(Cl)c1. The molecule has 150 valence electrons. The Hall–Kier alpha value is -2.89. The second kappa shape index (κ2) is 9.54. The van der Waals surface area contributed by atoms with Gasteiger partial charge in [0.1, 0.15) is 0 Å². The van der Waals surface area contributed by atoms with E-state index in [9.17, 15) is 14.7 Å². The monoisotopic (exact) mass is 411 g/mol. The Morgan fingerprint density at radius 1 is 1.21 bits per heavy atom. The first-order chi connectivity index (χ1) is 14.0. The van der Waals surface area contributed by atoms with Crippen molar-refractivity contribution in [3.63, 3.8) is 0 Å². The van der Waals surface area contributed by atoms with Gasteiger partial charge in [0, 0.05) is 25.3 Å². The highest BCUT2D eigenvalue weighted by Gasteiger charge is 2.42. The fourth-order valence-corrected chi connectivity index (χ4v) is 3.56. The second-order valence-corrected chi connectivity index (χ2v) is 7.11. The number of nitrogens with zero attached hydrogens (tertiary/aromatic N) is 1. The van der Waals surface area contributed by atoms with E-state index in [0.29, 0.717) is 30.2 Å². The number of ketones is 1. The van der Waals surface area contributed by atoms with Crippen LogP contribution in [-0.4, -0.2) is 42.0 Å². The van der Waals surface area contributed by atoms with Gasteiger partial charge < -0.3 is 14.7 Å². The lowest BCUT2D eigenvalue weighted by atomic mass is 9.95. The first kappa shape index (κ1) is 20.8. The number of ether oxygens (including phenoxy) is 1. The van der Waals surface area contributed by atoms with Gasteiger partial charge in [-0.25, -0.2) is 0 Å². The predicted molar refractivity (Wildman–Crippen MR) is 113 cm³/mol. The van der Waals surface area contributed by atoms with E-state index < -0.39 is 23.5 Å². The molecule has 0 aromatic heterocycles. The topological polar surface area (TPSA) is 66.8 Å². The molecule has 1 aliphatic heterocycles. The maximum Gasteiger partial charge on any atom is 0.290 e. The fraction of sp³-hybridized carbons (Fsp3) is 0.217. The van der Waals surface area contributed by atoms with Crippen LogP contribution in [0.4, 0.5) is 0 Å². The summed E-state index contributed by atoms with van der Waals surface area (Å²) in [7, 11) is 1.58. The first-order valence-corrected chi connectivity index (χ1v) is 9.66. The molecule has 1 N–H and O–H groups in total. The summed E-state index contributed by atoms with van der Waals surface area (Å²) in [5.74, 6) is -1.50. The van der Waals surface area contributed by atoms with Crippen molar-refractivity contribution in [2.24, 2.45) is 0 Å². The number of carbonyl (C=O) groups is 2. The highest BCUT2D eigenvalue weighted by molar-refractivity contribution is 6.30. The Labute approximate surface area is 174 Å². The fourth-order valence-electron chi connectivity index (χ4n) is 3.36. The first-order valence-electron chi connectivity index (χ1n) is 9.29. The zero-order chi connectivity index (χ0) is 20.8. The van der Waals surface area contributed by atoms with Crippen LogP contribution in [0.3, 0.4) is 0 Å². The molecule has 0 aliphatic carbocycles. The molecule has 2 aromatic carbocycles. The number of amides is 1. The molecule has 6 heteroatoms. The molecular weight excluding hydrogens is 390 g/mol. The highest BCUT2D eigenvalue weighted by Crippen LogP contribution is 2.38. The molecule has 2 aromatic rings. The molecule has 0 spiro atoms. The number of hydrogen-bond acceptors (Lipinski definition) is 4. The van der Waals surface area contributed by atoms with Crippen molar-refractivity contribution in [2.45, 2.75) is 12.5 Å². The van der Waals surface area contributed by atoms with Gasteiger partial charge in [0.15, 0.2) is 11.5 Å². The van der Waals surface area contributed by atoms with E-state index in [1.807, 2.05) is 30.3 Å². The minimum absolute atomic E-state index is 0.0573. The quantitative estimate of drug-likeness (QED) is 0.518. The van der Waals surface area contributed by atoms with Gasteiger partial charge in [0.2, 0.25) is 0 Å². The molecule has 0 bridgehead atoms. The summed E-state index contributed by atoms with van der Waals surface area (Å²) in [6, 6.07) is 15.6. The van der Waals surface area contributed by atoms with Gasteiger partial charge in [0.25, 0.3) is 5.91 Å². The van der Waals surface area contributed by atoms with Crippen molar-refractivity contribution in [1.29, 1.82) is 0 Å². The Balaban J connectivity index is 1.96. The molecule has 0 saturated carbocycles. The molecule has 1 aliphatic rings. The lowest BCUT2D eigenvalue weighted by Crippen LogP contribution is -2.32. The van der Waals surface area contributed by atoms with Crippen LogP contribution in [-0.2, 0) is 14.3 Å². The smallest absolute Gasteiger partial charge is 0.290 e.